The highest BCUT2D eigenvalue weighted by atomic mass is 19.4. The number of nitrogens with zero attached hydrogens (tertiary/aromatic N) is 2. The summed E-state index contributed by atoms with van der Waals surface area (Å²) in [5.41, 5.74) is -0.478. The fourth-order valence-electron chi connectivity index (χ4n) is 2.90. The highest BCUT2D eigenvalue weighted by Crippen LogP contribution is 2.31. The molecule has 0 aliphatic carbocycles. The first-order valence-corrected chi connectivity index (χ1v) is 9.37. The minimum atomic E-state index is -4.46. The third-order valence-electron chi connectivity index (χ3n) is 4.16. The van der Waals surface area contributed by atoms with E-state index in [9.17, 15) is 22.8 Å². The van der Waals surface area contributed by atoms with E-state index in [0.29, 0.717) is 17.7 Å². The molecule has 30 heavy (non-hydrogen) atoms. The van der Waals surface area contributed by atoms with Gasteiger partial charge in [0.05, 0.1) is 23.2 Å². The molecule has 0 saturated heterocycles. The van der Waals surface area contributed by atoms with Crippen LogP contribution in [-0.4, -0.2) is 27.7 Å². The van der Waals surface area contributed by atoms with Crippen molar-refractivity contribution in [2.75, 3.05) is 5.32 Å². The standard InChI is InChI=1S/C21H25F3N4O2/c1-12(14-7-6-8-15(9-14)21(22,23)24)25-19-16(11-29)17(26-13(2)27-19)10-18(30)28-20(3,4)5/h6-9,11-12H,10H2,1-5H3,(H,28,30)(H,25,26,27)/t12-/m1/s1. The van der Waals surface area contributed by atoms with Gasteiger partial charge in [0.15, 0.2) is 6.29 Å². The largest absolute Gasteiger partial charge is 0.416 e. The monoisotopic (exact) mass is 422 g/mol. The van der Waals surface area contributed by atoms with Crippen molar-refractivity contribution in [1.29, 1.82) is 0 Å². The van der Waals surface area contributed by atoms with Gasteiger partial charge in [-0.3, -0.25) is 9.59 Å². The van der Waals surface area contributed by atoms with Crippen LogP contribution in [0.5, 0.6) is 0 Å². The highest BCUT2D eigenvalue weighted by molar-refractivity contribution is 5.88. The smallest absolute Gasteiger partial charge is 0.363 e. The molecular weight excluding hydrogens is 397 g/mol. The molecule has 1 heterocycles. The number of anilines is 1. The van der Waals surface area contributed by atoms with Gasteiger partial charge in [-0.25, -0.2) is 9.97 Å². The summed E-state index contributed by atoms with van der Waals surface area (Å²) in [5.74, 6) is 0.194. The molecule has 1 aromatic carbocycles. The summed E-state index contributed by atoms with van der Waals surface area (Å²) >= 11 is 0. The van der Waals surface area contributed by atoms with Crippen molar-refractivity contribution in [3.63, 3.8) is 0 Å². The zero-order valence-corrected chi connectivity index (χ0v) is 17.5. The van der Waals surface area contributed by atoms with Crippen LogP contribution in [0, 0.1) is 6.92 Å². The van der Waals surface area contributed by atoms with Crippen LogP contribution in [0.3, 0.4) is 0 Å². The Hall–Kier alpha value is -2.97. The van der Waals surface area contributed by atoms with Crippen molar-refractivity contribution < 1.29 is 22.8 Å². The molecule has 2 aromatic rings. The van der Waals surface area contributed by atoms with Crippen molar-refractivity contribution in [3.05, 3.63) is 52.5 Å². The number of alkyl halides is 3. The number of amides is 1. The predicted molar refractivity (Wildman–Crippen MR) is 107 cm³/mol. The molecule has 0 bridgehead atoms. The third-order valence-corrected chi connectivity index (χ3v) is 4.16. The lowest BCUT2D eigenvalue weighted by atomic mass is 10.0. The van der Waals surface area contributed by atoms with Gasteiger partial charge in [0.25, 0.3) is 0 Å². The molecule has 162 valence electrons. The zero-order valence-electron chi connectivity index (χ0n) is 17.5. The second-order valence-corrected chi connectivity index (χ2v) is 8.06. The molecule has 0 spiro atoms. The Balaban J connectivity index is 2.33. The minimum absolute atomic E-state index is 0.100. The fraction of sp³-hybridized carbons (Fsp3) is 0.429. The number of carbonyl (C=O) groups excluding carboxylic acids is 2. The summed E-state index contributed by atoms with van der Waals surface area (Å²) in [6, 6.07) is 4.35. The highest BCUT2D eigenvalue weighted by Gasteiger charge is 2.30. The normalized spacial score (nSPS) is 12.9. The number of rotatable bonds is 6. The molecular formula is C21H25F3N4O2. The number of carbonyl (C=O) groups is 2. The maximum absolute atomic E-state index is 13.0. The van der Waals surface area contributed by atoms with Crippen LogP contribution in [0.25, 0.3) is 0 Å². The van der Waals surface area contributed by atoms with Crippen molar-refractivity contribution >= 4 is 18.0 Å². The summed E-state index contributed by atoms with van der Waals surface area (Å²) in [7, 11) is 0. The minimum Gasteiger partial charge on any atom is -0.363 e. The Kier molecular flexibility index (Phi) is 6.84. The molecule has 2 rings (SSSR count). The average molecular weight is 422 g/mol. The van der Waals surface area contributed by atoms with Gasteiger partial charge in [0, 0.05) is 11.6 Å². The van der Waals surface area contributed by atoms with Gasteiger partial charge in [-0.1, -0.05) is 12.1 Å². The van der Waals surface area contributed by atoms with E-state index in [2.05, 4.69) is 20.6 Å². The first kappa shape index (κ1) is 23.3. The van der Waals surface area contributed by atoms with Gasteiger partial charge in [0.1, 0.15) is 11.6 Å². The Morgan fingerprint density at radius 2 is 1.87 bits per heavy atom. The number of aromatic nitrogens is 2. The van der Waals surface area contributed by atoms with Crippen LogP contribution in [0.1, 0.15) is 66.7 Å². The number of aryl methyl sites for hydroxylation is 1. The molecule has 0 unspecified atom stereocenters. The molecule has 0 saturated carbocycles. The van der Waals surface area contributed by atoms with E-state index in [1.165, 1.54) is 6.07 Å². The second kappa shape index (κ2) is 8.81. The maximum Gasteiger partial charge on any atom is 0.416 e. The van der Waals surface area contributed by atoms with E-state index in [1.54, 1.807) is 19.9 Å². The number of nitrogens with one attached hydrogen (secondary N) is 2. The average Bonchev–Trinajstić information content (AvgIpc) is 2.59. The van der Waals surface area contributed by atoms with Crippen LogP contribution in [0.15, 0.2) is 24.3 Å². The Bertz CT molecular complexity index is 937. The third kappa shape index (κ3) is 6.27. The lowest BCUT2D eigenvalue weighted by molar-refractivity contribution is -0.137. The molecule has 9 heteroatoms. The van der Waals surface area contributed by atoms with Crippen molar-refractivity contribution in [2.24, 2.45) is 0 Å². The first-order chi connectivity index (χ1) is 13.8. The topological polar surface area (TPSA) is 84.0 Å². The molecule has 0 aliphatic heterocycles. The van der Waals surface area contributed by atoms with E-state index < -0.39 is 23.3 Å². The number of aldehydes is 1. The quantitative estimate of drug-likeness (QED) is 0.680. The molecule has 0 aliphatic rings. The Labute approximate surface area is 173 Å². The Morgan fingerprint density at radius 3 is 2.43 bits per heavy atom. The van der Waals surface area contributed by atoms with E-state index in [4.69, 9.17) is 0 Å². The number of hydrogen-bond acceptors (Lipinski definition) is 5. The lowest BCUT2D eigenvalue weighted by Crippen LogP contribution is -2.41. The van der Waals surface area contributed by atoms with Crippen molar-refractivity contribution in [3.8, 4) is 0 Å². The second-order valence-electron chi connectivity index (χ2n) is 8.06. The van der Waals surface area contributed by atoms with Crippen LogP contribution < -0.4 is 10.6 Å². The van der Waals surface area contributed by atoms with Gasteiger partial charge in [0.2, 0.25) is 5.91 Å². The summed E-state index contributed by atoms with van der Waals surface area (Å²) < 4.78 is 39.0. The van der Waals surface area contributed by atoms with Crippen LogP contribution in [0.4, 0.5) is 19.0 Å². The number of hydrogen-bond donors (Lipinski definition) is 2. The number of halogens is 3. The Morgan fingerprint density at radius 1 is 1.20 bits per heavy atom. The molecule has 1 aromatic heterocycles. The summed E-state index contributed by atoms with van der Waals surface area (Å²) in [5, 5.41) is 5.78. The maximum atomic E-state index is 13.0. The number of benzene rings is 1. The molecule has 0 fully saturated rings. The fourth-order valence-corrected chi connectivity index (χ4v) is 2.90. The van der Waals surface area contributed by atoms with E-state index in [-0.39, 0.29) is 29.4 Å². The van der Waals surface area contributed by atoms with Gasteiger partial charge < -0.3 is 10.6 Å². The molecule has 1 amide bonds. The van der Waals surface area contributed by atoms with Gasteiger partial charge in [-0.2, -0.15) is 13.2 Å². The SMILES string of the molecule is Cc1nc(CC(=O)NC(C)(C)C)c(C=O)c(N[C@H](C)c2cccc(C(F)(F)F)c2)n1. The van der Waals surface area contributed by atoms with Crippen molar-refractivity contribution in [1.82, 2.24) is 15.3 Å². The van der Waals surface area contributed by atoms with E-state index >= 15 is 0 Å². The van der Waals surface area contributed by atoms with E-state index in [1.807, 2.05) is 20.8 Å². The summed E-state index contributed by atoms with van der Waals surface area (Å²) in [4.78, 5) is 32.4. The zero-order chi connectivity index (χ0) is 22.7. The van der Waals surface area contributed by atoms with Gasteiger partial charge >= 0.3 is 6.18 Å². The van der Waals surface area contributed by atoms with Crippen LogP contribution in [-0.2, 0) is 17.4 Å². The van der Waals surface area contributed by atoms with Crippen molar-refractivity contribution in [2.45, 2.75) is 58.8 Å². The van der Waals surface area contributed by atoms with Gasteiger partial charge in [-0.15, -0.1) is 0 Å². The summed E-state index contributed by atoms with van der Waals surface area (Å²) in [6.45, 7) is 8.77. The molecule has 1 atom stereocenters. The van der Waals surface area contributed by atoms with Crippen LogP contribution >= 0.6 is 0 Å². The molecule has 0 radical (unpaired) electrons. The van der Waals surface area contributed by atoms with Gasteiger partial charge in [-0.05, 0) is 52.3 Å². The van der Waals surface area contributed by atoms with E-state index in [0.717, 1.165) is 12.1 Å². The van der Waals surface area contributed by atoms with Crippen LogP contribution in [0.2, 0.25) is 0 Å². The summed E-state index contributed by atoms with van der Waals surface area (Å²) in [6.07, 6.45) is -4.04. The predicted octanol–water partition coefficient (Wildman–Crippen LogP) is 4.25. The first-order valence-electron chi connectivity index (χ1n) is 9.37. The molecule has 2 N–H and O–H groups in total. The lowest BCUT2D eigenvalue weighted by Gasteiger charge is -2.21. The molecule has 6 nitrogen and oxygen atoms in total.